The average molecular weight is 264 g/mol. The summed E-state index contributed by atoms with van der Waals surface area (Å²) in [5, 5.41) is 12.0. The van der Waals surface area contributed by atoms with Crippen LogP contribution in [0.25, 0.3) is 0 Å². The summed E-state index contributed by atoms with van der Waals surface area (Å²) in [6.07, 6.45) is 1.50. The first kappa shape index (κ1) is 12.2. The summed E-state index contributed by atoms with van der Waals surface area (Å²) in [6.45, 7) is 0. The molecule has 92 valence electrons. The molecular formula is C12H10ClN3O2. The molecule has 0 amide bonds. The second-order valence-corrected chi connectivity index (χ2v) is 3.86. The highest BCUT2D eigenvalue weighted by atomic mass is 35.5. The van der Waals surface area contributed by atoms with Gasteiger partial charge in [0.05, 0.1) is 5.02 Å². The second-order valence-electron chi connectivity index (χ2n) is 3.43. The molecule has 0 aliphatic carbocycles. The van der Waals surface area contributed by atoms with Crippen LogP contribution in [0.1, 0.15) is 5.56 Å². The van der Waals surface area contributed by atoms with Crippen molar-refractivity contribution in [2.75, 3.05) is 0 Å². The van der Waals surface area contributed by atoms with E-state index in [-0.39, 0.29) is 5.84 Å². The number of aromatic nitrogens is 1. The number of halogens is 1. The van der Waals surface area contributed by atoms with Gasteiger partial charge in [-0.3, -0.25) is 0 Å². The number of amidine groups is 1. The first-order valence-electron chi connectivity index (χ1n) is 5.06. The summed E-state index contributed by atoms with van der Waals surface area (Å²) < 4.78 is 5.49. The van der Waals surface area contributed by atoms with Crippen LogP contribution in [0.15, 0.2) is 47.8 Å². The molecule has 0 fully saturated rings. The Balaban J connectivity index is 2.13. The number of benzene rings is 1. The summed E-state index contributed by atoms with van der Waals surface area (Å²) in [6, 6.07) is 10.1. The Morgan fingerprint density at radius 1 is 1.22 bits per heavy atom. The lowest BCUT2D eigenvalue weighted by atomic mass is 10.2. The van der Waals surface area contributed by atoms with Crippen LogP contribution in [-0.2, 0) is 0 Å². The zero-order valence-corrected chi connectivity index (χ0v) is 10.0. The maximum atomic E-state index is 8.53. The average Bonchev–Trinajstić information content (AvgIpc) is 2.41. The van der Waals surface area contributed by atoms with E-state index < -0.39 is 0 Å². The van der Waals surface area contributed by atoms with E-state index in [1.165, 1.54) is 6.20 Å². The fourth-order valence-electron chi connectivity index (χ4n) is 1.29. The number of hydrogen-bond acceptors (Lipinski definition) is 4. The van der Waals surface area contributed by atoms with E-state index in [0.29, 0.717) is 22.2 Å². The van der Waals surface area contributed by atoms with Gasteiger partial charge in [-0.2, -0.15) is 0 Å². The van der Waals surface area contributed by atoms with E-state index in [9.17, 15) is 0 Å². The van der Waals surface area contributed by atoms with Crippen molar-refractivity contribution in [2.45, 2.75) is 0 Å². The van der Waals surface area contributed by atoms with Gasteiger partial charge >= 0.3 is 0 Å². The first-order valence-corrected chi connectivity index (χ1v) is 5.44. The molecule has 0 atom stereocenters. The smallest absolute Gasteiger partial charge is 0.219 e. The molecule has 0 bridgehead atoms. The highest BCUT2D eigenvalue weighted by Crippen LogP contribution is 2.20. The standard InChI is InChI=1S/C12H10ClN3O2/c13-9-3-6-11(15-7-9)18-10-4-1-8(2-5-10)12(14)16-17/h1-7,17H,(H2,14,16). The molecule has 2 aromatic rings. The monoisotopic (exact) mass is 263 g/mol. The molecular weight excluding hydrogens is 254 g/mol. The molecule has 0 saturated carbocycles. The van der Waals surface area contributed by atoms with Gasteiger partial charge < -0.3 is 15.7 Å². The van der Waals surface area contributed by atoms with Crippen LogP contribution in [0, 0.1) is 0 Å². The molecule has 0 aliphatic heterocycles. The molecule has 0 saturated heterocycles. The molecule has 0 unspecified atom stereocenters. The van der Waals surface area contributed by atoms with E-state index in [1.807, 2.05) is 0 Å². The molecule has 0 spiro atoms. The zero-order chi connectivity index (χ0) is 13.0. The van der Waals surface area contributed by atoms with E-state index >= 15 is 0 Å². The molecule has 1 aromatic carbocycles. The van der Waals surface area contributed by atoms with Gasteiger partial charge in [0.1, 0.15) is 5.75 Å². The summed E-state index contributed by atoms with van der Waals surface area (Å²) in [5.41, 5.74) is 6.05. The van der Waals surface area contributed by atoms with Crippen LogP contribution in [0.3, 0.4) is 0 Å². The predicted molar refractivity (Wildman–Crippen MR) is 68.3 cm³/mol. The van der Waals surface area contributed by atoms with Crippen LogP contribution < -0.4 is 10.5 Å². The van der Waals surface area contributed by atoms with Gasteiger partial charge in [0.25, 0.3) is 0 Å². The second kappa shape index (κ2) is 5.37. The molecule has 6 heteroatoms. The van der Waals surface area contributed by atoms with Crippen molar-refractivity contribution in [3.63, 3.8) is 0 Å². The number of ether oxygens (including phenoxy) is 1. The molecule has 18 heavy (non-hydrogen) atoms. The number of nitrogens with zero attached hydrogens (tertiary/aromatic N) is 2. The fourth-order valence-corrected chi connectivity index (χ4v) is 1.41. The SMILES string of the molecule is NC(=NO)c1ccc(Oc2ccc(Cl)cn2)cc1. The van der Waals surface area contributed by atoms with Crippen LogP contribution in [0.2, 0.25) is 5.02 Å². The van der Waals surface area contributed by atoms with Crippen LogP contribution in [0.5, 0.6) is 11.6 Å². The topological polar surface area (TPSA) is 80.7 Å². The number of nitrogens with two attached hydrogens (primary N) is 1. The number of oxime groups is 1. The largest absolute Gasteiger partial charge is 0.439 e. The van der Waals surface area contributed by atoms with Crippen molar-refractivity contribution in [3.05, 3.63) is 53.2 Å². The van der Waals surface area contributed by atoms with Crippen molar-refractivity contribution < 1.29 is 9.94 Å². The highest BCUT2D eigenvalue weighted by molar-refractivity contribution is 6.30. The van der Waals surface area contributed by atoms with Gasteiger partial charge in [0.15, 0.2) is 5.84 Å². The Morgan fingerprint density at radius 2 is 1.94 bits per heavy atom. The third-order valence-electron chi connectivity index (χ3n) is 2.18. The summed E-state index contributed by atoms with van der Waals surface area (Å²) in [4.78, 5) is 4.00. The maximum Gasteiger partial charge on any atom is 0.219 e. The van der Waals surface area contributed by atoms with Gasteiger partial charge in [-0.05, 0) is 30.3 Å². The van der Waals surface area contributed by atoms with Crippen molar-refractivity contribution in [2.24, 2.45) is 10.9 Å². The lowest BCUT2D eigenvalue weighted by molar-refractivity contribution is 0.318. The Kier molecular flexibility index (Phi) is 3.64. The highest BCUT2D eigenvalue weighted by Gasteiger charge is 2.01. The van der Waals surface area contributed by atoms with Crippen molar-refractivity contribution in [1.82, 2.24) is 4.98 Å². The number of pyridine rings is 1. The van der Waals surface area contributed by atoms with Gasteiger partial charge in [-0.15, -0.1) is 0 Å². The molecule has 3 N–H and O–H groups in total. The normalized spacial score (nSPS) is 11.3. The lowest BCUT2D eigenvalue weighted by Crippen LogP contribution is -2.12. The fraction of sp³-hybridized carbons (Fsp3) is 0. The summed E-state index contributed by atoms with van der Waals surface area (Å²) >= 11 is 5.72. The van der Waals surface area contributed by atoms with Crippen LogP contribution in [-0.4, -0.2) is 16.0 Å². The van der Waals surface area contributed by atoms with Crippen molar-refractivity contribution in [1.29, 1.82) is 0 Å². The lowest BCUT2D eigenvalue weighted by Gasteiger charge is -2.05. The first-order chi connectivity index (χ1) is 8.69. The minimum Gasteiger partial charge on any atom is -0.439 e. The molecule has 1 aromatic heterocycles. The van der Waals surface area contributed by atoms with Gasteiger partial charge in [-0.25, -0.2) is 4.98 Å². The summed E-state index contributed by atoms with van der Waals surface area (Å²) in [7, 11) is 0. The number of hydrogen-bond donors (Lipinski definition) is 2. The molecule has 0 radical (unpaired) electrons. The molecule has 2 rings (SSSR count). The minimum absolute atomic E-state index is 0.0474. The Labute approximate surface area is 108 Å². The number of rotatable bonds is 3. The Hall–Kier alpha value is -2.27. The Morgan fingerprint density at radius 3 is 2.50 bits per heavy atom. The maximum absolute atomic E-state index is 8.53. The molecule has 0 aliphatic rings. The minimum atomic E-state index is 0.0474. The van der Waals surface area contributed by atoms with Crippen LogP contribution in [0.4, 0.5) is 0 Å². The Bertz CT molecular complexity index is 553. The van der Waals surface area contributed by atoms with Gasteiger partial charge in [-0.1, -0.05) is 16.8 Å². The van der Waals surface area contributed by atoms with Crippen molar-refractivity contribution >= 4 is 17.4 Å². The predicted octanol–water partition coefficient (Wildman–Crippen LogP) is 2.62. The van der Waals surface area contributed by atoms with Gasteiger partial charge in [0, 0.05) is 17.8 Å². The van der Waals surface area contributed by atoms with E-state index in [0.717, 1.165) is 0 Å². The van der Waals surface area contributed by atoms with E-state index in [2.05, 4.69) is 10.1 Å². The quantitative estimate of drug-likeness (QED) is 0.386. The van der Waals surface area contributed by atoms with E-state index in [4.69, 9.17) is 27.3 Å². The third-order valence-corrected chi connectivity index (χ3v) is 2.40. The zero-order valence-electron chi connectivity index (χ0n) is 9.25. The third kappa shape index (κ3) is 2.89. The van der Waals surface area contributed by atoms with Gasteiger partial charge in [0.2, 0.25) is 5.88 Å². The molecule has 1 heterocycles. The molecule has 5 nitrogen and oxygen atoms in total. The van der Waals surface area contributed by atoms with Crippen LogP contribution >= 0.6 is 11.6 Å². The summed E-state index contributed by atoms with van der Waals surface area (Å²) in [5.74, 6) is 1.08. The van der Waals surface area contributed by atoms with Crippen molar-refractivity contribution in [3.8, 4) is 11.6 Å². The van der Waals surface area contributed by atoms with E-state index in [1.54, 1.807) is 36.4 Å².